The van der Waals surface area contributed by atoms with Gasteiger partial charge in [-0.25, -0.2) is 0 Å². The third-order valence-corrected chi connectivity index (χ3v) is 4.46. The van der Waals surface area contributed by atoms with Crippen LogP contribution >= 0.6 is 11.3 Å². The number of aromatic nitrogens is 3. The molecule has 1 N–H and O–H groups in total. The summed E-state index contributed by atoms with van der Waals surface area (Å²) in [5.41, 5.74) is 3.08. The molecule has 0 unspecified atom stereocenters. The van der Waals surface area contributed by atoms with Crippen LogP contribution in [0, 0.1) is 6.92 Å². The fourth-order valence-corrected chi connectivity index (χ4v) is 3.51. The molecule has 4 nitrogen and oxygen atoms in total. The Hall–Kier alpha value is -1.23. The molecular formula is C11H10N4SSe. The van der Waals surface area contributed by atoms with Gasteiger partial charge in [0.2, 0.25) is 0 Å². The molecule has 17 heavy (non-hydrogen) atoms. The van der Waals surface area contributed by atoms with Gasteiger partial charge in [-0.3, -0.25) is 0 Å². The van der Waals surface area contributed by atoms with Crippen molar-refractivity contribution in [2.45, 2.75) is 13.5 Å². The molecule has 0 aliphatic heterocycles. The molecule has 6 heteroatoms. The molecule has 0 aliphatic rings. The summed E-state index contributed by atoms with van der Waals surface area (Å²) >= 11 is 1.75. The standard InChI is InChI=1S/C11H10N4SSe/c1-7-12-5-8(16-7)6-13-9-3-2-4-10-11(9)15-17-14-10/h2-5,13H,6H2,1H3. The average molecular weight is 309 g/mol. The van der Waals surface area contributed by atoms with E-state index in [1.807, 2.05) is 31.3 Å². The Bertz CT molecular complexity index is 646. The van der Waals surface area contributed by atoms with Crippen LogP contribution in [0.5, 0.6) is 0 Å². The van der Waals surface area contributed by atoms with Crippen LogP contribution in [-0.4, -0.2) is 27.9 Å². The topological polar surface area (TPSA) is 50.7 Å². The second kappa shape index (κ2) is 4.56. The van der Waals surface area contributed by atoms with Crippen molar-refractivity contribution in [1.29, 1.82) is 0 Å². The molecule has 0 amide bonds. The minimum absolute atomic E-state index is 0.0290. The van der Waals surface area contributed by atoms with Gasteiger partial charge < -0.3 is 0 Å². The van der Waals surface area contributed by atoms with Crippen molar-refractivity contribution in [3.05, 3.63) is 34.3 Å². The molecule has 86 valence electrons. The van der Waals surface area contributed by atoms with E-state index in [4.69, 9.17) is 0 Å². The van der Waals surface area contributed by atoms with Gasteiger partial charge in [-0.1, -0.05) is 0 Å². The van der Waals surface area contributed by atoms with E-state index in [2.05, 4.69) is 18.3 Å². The van der Waals surface area contributed by atoms with Gasteiger partial charge in [-0.2, -0.15) is 0 Å². The second-order valence-electron chi connectivity index (χ2n) is 3.64. The van der Waals surface area contributed by atoms with Gasteiger partial charge in [0.25, 0.3) is 0 Å². The zero-order chi connectivity index (χ0) is 11.7. The van der Waals surface area contributed by atoms with E-state index >= 15 is 0 Å². The molecule has 0 atom stereocenters. The number of aryl methyl sites for hydroxylation is 1. The molecule has 0 saturated carbocycles. The first-order valence-corrected chi connectivity index (χ1v) is 7.54. The van der Waals surface area contributed by atoms with Crippen LogP contribution in [0.2, 0.25) is 0 Å². The molecule has 1 aromatic carbocycles. The summed E-state index contributed by atoms with van der Waals surface area (Å²) in [6.07, 6.45) is 1.92. The summed E-state index contributed by atoms with van der Waals surface area (Å²) in [5.74, 6) is 0. The van der Waals surface area contributed by atoms with Crippen LogP contribution in [0.4, 0.5) is 5.69 Å². The molecule has 0 fully saturated rings. The third kappa shape index (κ3) is 2.24. The first-order chi connectivity index (χ1) is 8.33. The van der Waals surface area contributed by atoms with E-state index < -0.39 is 0 Å². The summed E-state index contributed by atoms with van der Waals surface area (Å²) in [6.45, 7) is 2.82. The van der Waals surface area contributed by atoms with E-state index in [-0.39, 0.29) is 15.0 Å². The number of anilines is 1. The van der Waals surface area contributed by atoms with E-state index in [0.29, 0.717) is 0 Å². The number of hydrogen-bond acceptors (Lipinski definition) is 5. The van der Waals surface area contributed by atoms with Crippen molar-refractivity contribution in [2.75, 3.05) is 5.32 Å². The maximum absolute atomic E-state index is 4.44. The van der Waals surface area contributed by atoms with Gasteiger partial charge >= 0.3 is 109 Å². The normalized spacial score (nSPS) is 10.9. The van der Waals surface area contributed by atoms with Gasteiger partial charge in [-0.05, 0) is 0 Å². The van der Waals surface area contributed by atoms with Crippen molar-refractivity contribution < 1.29 is 0 Å². The van der Waals surface area contributed by atoms with E-state index in [1.165, 1.54) is 4.88 Å². The van der Waals surface area contributed by atoms with Gasteiger partial charge in [0, 0.05) is 0 Å². The number of nitrogens with zero attached hydrogens (tertiary/aromatic N) is 3. The fraction of sp³-hybridized carbons (Fsp3) is 0.182. The Morgan fingerprint density at radius 1 is 1.35 bits per heavy atom. The van der Waals surface area contributed by atoms with Crippen molar-refractivity contribution >= 4 is 43.0 Å². The minimum atomic E-state index is 0.0290. The zero-order valence-corrected chi connectivity index (χ0v) is 11.7. The Balaban J connectivity index is 1.83. The summed E-state index contributed by atoms with van der Waals surface area (Å²) in [6, 6.07) is 6.07. The van der Waals surface area contributed by atoms with Crippen LogP contribution in [0.3, 0.4) is 0 Å². The Morgan fingerprint density at radius 3 is 3.12 bits per heavy atom. The molecule has 0 spiro atoms. The number of fused-ring (bicyclic) bond motifs is 1. The molecule has 2 aromatic heterocycles. The molecular weight excluding hydrogens is 299 g/mol. The number of nitrogens with one attached hydrogen (secondary N) is 1. The monoisotopic (exact) mass is 310 g/mol. The molecule has 2 heterocycles. The van der Waals surface area contributed by atoms with Crippen molar-refractivity contribution in [2.24, 2.45) is 0 Å². The molecule has 0 saturated heterocycles. The summed E-state index contributed by atoms with van der Waals surface area (Å²) in [5, 5.41) is 4.50. The molecule has 3 rings (SSSR count). The zero-order valence-electron chi connectivity index (χ0n) is 9.17. The summed E-state index contributed by atoms with van der Waals surface area (Å²) < 4.78 is 8.80. The number of hydrogen-bond donors (Lipinski definition) is 1. The predicted octanol–water partition coefficient (Wildman–Crippen LogP) is 2.06. The van der Waals surface area contributed by atoms with Crippen molar-refractivity contribution in [3.8, 4) is 0 Å². The first-order valence-electron chi connectivity index (χ1n) is 5.19. The van der Waals surface area contributed by atoms with E-state index in [1.54, 1.807) is 11.3 Å². The Labute approximate surface area is 109 Å². The van der Waals surface area contributed by atoms with E-state index in [9.17, 15) is 0 Å². The Morgan fingerprint density at radius 2 is 2.29 bits per heavy atom. The fourth-order valence-electron chi connectivity index (χ4n) is 1.62. The SMILES string of the molecule is Cc1ncc(CNc2cccc3n[se]nc23)s1. The third-order valence-electron chi connectivity index (χ3n) is 2.41. The maximum atomic E-state index is 4.44. The van der Waals surface area contributed by atoms with Gasteiger partial charge in [0.15, 0.2) is 0 Å². The average Bonchev–Trinajstić information content (AvgIpc) is 2.94. The van der Waals surface area contributed by atoms with Crippen LogP contribution < -0.4 is 5.32 Å². The van der Waals surface area contributed by atoms with Crippen molar-refractivity contribution in [3.63, 3.8) is 0 Å². The van der Waals surface area contributed by atoms with E-state index in [0.717, 1.165) is 28.3 Å². The molecule has 0 aliphatic carbocycles. The summed E-state index contributed by atoms with van der Waals surface area (Å²) in [7, 11) is 0. The van der Waals surface area contributed by atoms with Crippen LogP contribution in [-0.2, 0) is 6.54 Å². The van der Waals surface area contributed by atoms with Crippen LogP contribution in [0.25, 0.3) is 11.0 Å². The quantitative estimate of drug-likeness (QED) is 0.753. The Kier molecular flexibility index (Phi) is 2.92. The van der Waals surface area contributed by atoms with Gasteiger partial charge in [0.05, 0.1) is 0 Å². The molecule has 3 aromatic rings. The summed E-state index contributed by atoms with van der Waals surface area (Å²) in [4.78, 5) is 5.48. The number of thiazole rings is 1. The predicted molar refractivity (Wildman–Crippen MR) is 70.7 cm³/mol. The van der Waals surface area contributed by atoms with Crippen molar-refractivity contribution in [1.82, 2.24) is 12.9 Å². The molecule has 0 radical (unpaired) electrons. The van der Waals surface area contributed by atoms with Gasteiger partial charge in [0.1, 0.15) is 0 Å². The molecule has 0 bridgehead atoms. The second-order valence-corrected chi connectivity index (χ2v) is 6.06. The number of rotatable bonds is 3. The van der Waals surface area contributed by atoms with Gasteiger partial charge in [-0.15, -0.1) is 0 Å². The van der Waals surface area contributed by atoms with Crippen LogP contribution in [0.1, 0.15) is 9.88 Å². The number of benzene rings is 1. The van der Waals surface area contributed by atoms with Crippen LogP contribution in [0.15, 0.2) is 24.4 Å². The first kappa shape index (κ1) is 10.9.